The minimum Gasteiger partial charge on any atom is -0.299 e. The molecule has 1 atom stereocenters. The Morgan fingerprint density at radius 3 is 2.56 bits per heavy atom. The normalized spacial score (nSPS) is 19.8. The van der Waals surface area contributed by atoms with Gasteiger partial charge in [-0.2, -0.15) is 5.26 Å². The molecule has 0 aliphatic carbocycles. The monoisotopic (exact) mass is 461 g/mol. The number of carbonyl (C=O) groups excluding carboxylic acids is 2. The Morgan fingerprint density at radius 1 is 1.06 bits per heavy atom. The molecule has 2 aliphatic heterocycles. The van der Waals surface area contributed by atoms with E-state index in [0.717, 1.165) is 31.5 Å². The molecule has 2 saturated heterocycles. The lowest BCUT2D eigenvalue weighted by Gasteiger charge is -2.32. The third kappa shape index (κ3) is 4.13. The number of amides is 2. The lowest BCUT2D eigenvalue weighted by molar-refractivity contribution is -0.136. The summed E-state index contributed by atoms with van der Waals surface area (Å²) in [5.74, 6) is -0.817. The second-order valence-electron chi connectivity index (χ2n) is 9.03. The molecule has 0 bridgehead atoms. The van der Waals surface area contributed by atoms with Crippen molar-refractivity contribution < 1.29 is 14.0 Å². The van der Waals surface area contributed by atoms with Gasteiger partial charge in [0.05, 0.1) is 22.5 Å². The van der Waals surface area contributed by atoms with Crippen molar-refractivity contribution in [3.05, 3.63) is 69.3 Å². The molecular formula is C25H24FN5O3. The van der Waals surface area contributed by atoms with Crippen molar-refractivity contribution in [1.29, 1.82) is 5.26 Å². The van der Waals surface area contributed by atoms with Gasteiger partial charge >= 0.3 is 0 Å². The van der Waals surface area contributed by atoms with Crippen LogP contribution in [-0.4, -0.2) is 39.6 Å². The molecule has 2 N–H and O–H groups in total. The van der Waals surface area contributed by atoms with Crippen LogP contribution < -0.4 is 10.9 Å². The number of nitriles is 1. The molecule has 9 heteroatoms. The number of hydrogen-bond acceptors (Lipinski definition) is 5. The maximum absolute atomic E-state index is 14.2. The minimum absolute atomic E-state index is 0.203. The van der Waals surface area contributed by atoms with Crippen LogP contribution in [0, 0.1) is 17.1 Å². The number of aromatic nitrogens is 2. The fourth-order valence-corrected chi connectivity index (χ4v) is 4.96. The summed E-state index contributed by atoms with van der Waals surface area (Å²) in [4.78, 5) is 38.7. The van der Waals surface area contributed by atoms with Crippen molar-refractivity contribution in [2.45, 2.75) is 44.2 Å². The van der Waals surface area contributed by atoms with E-state index >= 15 is 0 Å². The molecule has 1 aromatic heterocycles. The standard InChI is InChI=1S/C25H24FN5O3/c26-20-11-15(13-27)1-2-18(20)14-30-9-7-16(8-10-30)17-3-4-19-21(12-17)29-31(25(19)34)22-5-6-23(32)28-24(22)33/h1-4,11-12,16,22,29H,5-10,14H2,(H,28,32,33). The summed E-state index contributed by atoms with van der Waals surface area (Å²) in [5.41, 5.74) is 2.43. The molecule has 3 aromatic rings. The van der Waals surface area contributed by atoms with Crippen molar-refractivity contribution >= 4 is 22.7 Å². The summed E-state index contributed by atoms with van der Waals surface area (Å²) in [7, 11) is 0. The number of H-pyrrole nitrogens is 1. The van der Waals surface area contributed by atoms with Gasteiger partial charge in [-0.05, 0) is 68.1 Å². The van der Waals surface area contributed by atoms with Crippen molar-refractivity contribution in [2.24, 2.45) is 0 Å². The van der Waals surface area contributed by atoms with Gasteiger partial charge in [-0.25, -0.2) is 9.07 Å². The number of nitrogens with zero attached hydrogens (tertiary/aromatic N) is 3. The molecule has 8 nitrogen and oxygen atoms in total. The largest absolute Gasteiger partial charge is 0.299 e. The number of rotatable bonds is 4. The Morgan fingerprint density at radius 2 is 1.85 bits per heavy atom. The van der Waals surface area contributed by atoms with E-state index in [2.05, 4.69) is 15.3 Å². The molecule has 174 valence electrons. The molecule has 5 rings (SSSR count). The van der Waals surface area contributed by atoms with Gasteiger partial charge in [-0.15, -0.1) is 0 Å². The first-order valence-corrected chi connectivity index (χ1v) is 11.4. The number of fused-ring (bicyclic) bond motifs is 1. The van der Waals surface area contributed by atoms with Crippen molar-refractivity contribution in [3.63, 3.8) is 0 Å². The second-order valence-corrected chi connectivity index (χ2v) is 9.03. The first-order chi connectivity index (χ1) is 16.4. The first kappa shape index (κ1) is 22.0. The van der Waals surface area contributed by atoms with Gasteiger partial charge in [0.1, 0.15) is 11.9 Å². The molecule has 2 aromatic carbocycles. The number of halogens is 1. The lowest BCUT2D eigenvalue weighted by Crippen LogP contribution is -2.44. The number of piperidine rings is 2. The van der Waals surface area contributed by atoms with Crippen LogP contribution in [0.1, 0.15) is 54.3 Å². The van der Waals surface area contributed by atoms with Crippen LogP contribution in [0.3, 0.4) is 0 Å². The van der Waals surface area contributed by atoms with Crippen LogP contribution in [0.15, 0.2) is 41.2 Å². The highest BCUT2D eigenvalue weighted by molar-refractivity contribution is 5.99. The number of imide groups is 1. The summed E-state index contributed by atoms with van der Waals surface area (Å²) in [5, 5.41) is 14.8. The molecule has 2 amide bonds. The second kappa shape index (κ2) is 8.88. The highest BCUT2D eigenvalue weighted by atomic mass is 19.1. The van der Waals surface area contributed by atoms with E-state index in [0.29, 0.717) is 40.9 Å². The van der Waals surface area contributed by atoms with E-state index in [-0.39, 0.29) is 23.7 Å². The average Bonchev–Trinajstić information content (AvgIpc) is 3.16. The summed E-state index contributed by atoms with van der Waals surface area (Å²) < 4.78 is 15.6. The van der Waals surface area contributed by atoms with E-state index in [1.54, 1.807) is 18.2 Å². The Bertz CT molecular complexity index is 1380. The number of hydrogen-bond donors (Lipinski definition) is 2. The molecule has 3 heterocycles. The minimum atomic E-state index is -0.716. The molecule has 0 radical (unpaired) electrons. The zero-order chi connectivity index (χ0) is 23.8. The molecule has 2 aliphatic rings. The van der Waals surface area contributed by atoms with Crippen molar-refractivity contribution in [3.8, 4) is 6.07 Å². The third-order valence-corrected chi connectivity index (χ3v) is 6.89. The predicted octanol–water partition coefficient (Wildman–Crippen LogP) is 2.70. The molecule has 1 unspecified atom stereocenters. The molecular weight excluding hydrogens is 437 g/mol. The molecule has 0 saturated carbocycles. The molecule has 0 spiro atoms. The van der Waals surface area contributed by atoms with Gasteiger partial charge in [0, 0.05) is 18.5 Å². The smallest absolute Gasteiger partial charge is 0.275 e. The first-order valence-electron chi connectivity index (χ1n) is 11.4. The lowest BCUT2D eigenvalue weighted by atomic mass is 9.89. The maximum Gasteiger partial charge on any atom is 0.275 e. The zero-order valence-electron chi connectivity index (χ0n) is 18.5. The van der Waals surface area contributed by atoms with Gasteiger partial charge in [0.2, 0.25) is 5.91 Å². The van der Waals surface area contributed by atoms with Gasteiger partial charge in [0.25, 0.3) is 11.5 Å². The van der Waals surface area contributed by atoms with E-state index in [1.807, 2.05) is 18.2 Å². The number of aromatic amines is 1. The van der Waals surface area contributed by atoms with Crippen LogP contribution in [-0.2, 0) is 16.1 Å². The van der Waals surface area contributed by atoms with Crippen LogP contribution in [0.25, 0.3) is 10.9 Å². The highest BCUT2D eigenvalue weighted by Gasteiger charge is 2.30. The highest BCUT2D eigenvalue weighted by Crippen LogP contribution is 2.30. The summed E-state index contributed by atoms with van der Waals surface area (Å²) in [6, 6.07) is 11.6. The van der Waals surface area contributed by atoms with E-state index in [4.69, 9.17) is 5.26 Å². The SMILES string of the molecule is N#Cc1ccc(CN2CCC(c3ccc4c(=O)n(C5CCC(=O)NC5=O)[nH]c4c3)CC2)c(F)c1. The van der Waals surface area contributed by atoms with Crippen LogP contribution in [0.4, 0.5) is 4.39 Å². The van der Waals surface area contributed by atoms with E-state index < -0.39 is 11.9 Å². The number of carbonyl (C=O) groups is 2. The van der Waals surface area contributed by atoms with Gasteiger partial charge in [-0.3, -0.25) is 29.7 Å². The number of nitrogens with one attached hydrogen (secondary N) is 2. The quantitative estimate of drug-likeness (QED) is 0.581. The Labute approximate surface area is 194 Å². The number of benzene rings is 2. The Hall–Kier alpha value is -3.77. The van der Waals surface area contributed by atoms with Crippen LogP contribution in [0.5, 0.6) is 0 Å². The average molecular weight is 461 g/mol. The van der Waals surface area contributed by atoms with E-state index in [1.165, 1.54) is 10.7 Å². The van der Waals surface area contributed by atoms with Crippen molar-refractivity contribution in [1.82, 2.24) is 20.0 Å². The summed E-state index contributed by atoms with van der Waals surface area (Å²) >= 11 is 0. The topological polar surface area (TPSA) is 111 Å². The van der Waals surface area contributed by atoms with Crippen LogP contribution >= 0.6 is 0 Å². The predicted molar refractivity (Wildman–Crippen MR) is 122 cm³/mol. The zero-order valence-corrected chi connectivity index (χ0v) is 18.5. The Balaban J connectivity index is 1.28. The van der Waals surface area contributed by atoms with Gasteiger partial charge < -0.3 is 0 Å². The Kier molecular flexibility index (Phi) is 5.75. The molecule has 34 heavy (non-hydrogen) atoms. The third-order valence-electron chi connectivity index (χ3n) is 6.89. The maximum atomic E-state index is 14.2. The fraction of sp³-hybridized carbons (Fsp3) is 0.360. The van der Waals surface area contributed by atoms with Crippen molar-refractivity contribution in [2.75, 3.05) is 13.1 Å². The summed E-state index contributed by atoms with van der Waals surface area (Å²) in [6.45, 7) is 2.14. The molecule has 2 fully saturated rings. The number of likely N-dealkylation sites (tertiary alicyclic amines) is 1. The van der Waals surface area contributed by atoms with E-state index in [9.17, 15) is 18.8 Å². The van der Waals surface area contributed by atoms with Crippen LogP contribution in [0.2, 0.25) is 0 Å². The van der Waals surface area contributed by atoms with Gasteiger partial charge in [-0.1, -0.05) is 12.1 Å². The van der Waals surface area contributed by atoms with Gasteiger partial charge in [0.15, 0.2) is 0 Å². The fourth-order valence-electron chi connectivity index (χ4n) is 4.96. The summed E-state index contributed by atoms with van der Waals surface area (Å²) in [6.07, 6.45) is 2.31.